The minimum absolute atomic E-state index is 0.0998. The number of aliphatic imine (C=N–C) groups is 1. The highest BCUT2D eigenvalue weighted by molar-refractivity contribution is 6.31. The van der Waals surface area contributed by atoms with Gasteiger partial charge in [0, 0.05) is 70.9 Å². The predicted octanol–water partition coefficient (Wildman–Crippen LogP) is 5.95. The number of nitrogens with zero attached hydrogens (tertiary/aromatic N) is 5. The van der Waals surface area contributed by atoms with Crippen molar-refractivity contribution in [2.24, 2.45) is 4.99 Å². The van der Waals surface area contributed by atoms with Crippen molar-refractivity contribution in [3.63, 3.8) is 0 Å². The van der Waals surface area contributed by atoms with Gasteiger partial charge < -0.3 is 19.9 Å². The van der Waals surface area contributed by atoms with Crippen molar-refractivity contribution in [1.29, 1.82) is 0 Å². The molecule has 0 spiro atoms. The smallest absolute Gasteiger partial charge is 0.409 e. The molecule has 11 heteroatoms. The molecule has 1 fully saturated rings. The van der Waals surface area contributed by atoms with Crippen LogP contribution in [0, 0.1) is 5.82 Å². The van der Waals surface area contributed by atoms with Crippen LogP contribution in [-0.2, 0) is 11.3 Å². The first kappa shape index (κ1) is 28.3. The minimum atomic E-state index is -0.368. The lowest BCUT2D eigenvalue weighted by molar-refractivity contribution is 0.0570. The van der Waals surface area contributed by atoms with E-state index in [1.54, 1.807) is 77.5 Å². The Labute approximate surface area is 253 Å². The Morgan fingerprint density at radius 2 is 1.70 bits per heavy atom. The fourth-order valence-electron chi connectivity index (χ4n) is 5.18. The number of hydrogen-bond donors (Lipinski definition) is 1. The monoisotopic (exact) mass is 598 g/mol. The van der Waals surface area contributed by atoms with Gasteiger partial charge in [-0.25, -0.2) is 19.2 Å². The summed E-state index contributed by atoms with van der Waals surface area (Å²) in [6, 6.07) is 19.0. The van der Waals surface area contributed by atoms with E-state index in [0.29, 0.717) is 77.5 Å². The summed E-state index contributed by atoms with van der Waals surface area (Å²) in [5.41, 5.74) is 5.07. The number of halogens is 2. The van der Waals surface area contributed by atoms with Crippen LogP contribution < -0.4 is 5.32 Å². The molecule has 0 aliphatic carbocycles. The van der Waals surface area contributed by atoms with Crippen LogP contribution in [0.15, 0.2) is 77.9 Å². The Hall–Kier alpha value is -4.83. The Balaban J connectivity index is 1.20. The van der Waals surface area contributed by atoms with Crippen LogP contribution >= 0.6 is 11.6 Å². The van der Waals surface area contributed by atoms with Crippen molar-refractivity contribution in [1.82, 2.24) is 19.8 Å². The highest BCUT2D eigenvalue weighted by atomic mass is 35.5. The Bertz CT molecular complexity index is 1720. The van der Waals surface area contributed by atoms with Crippen molar-refractivity contribution in [2.45, 2.75) is 13.5 Å². The summed E-state index contributed by atoms with van der Waals surface area (Å²) >= 11 is 6.36. The van der Waals surface area contributed by atoms with Crippen LogP contribution in [0.25, 0.3) is 11.3 Å². The van der Waals surface area contributed by atoms with Crippen LogP contribution in [0.1, 0.15) is 34.0 Å². The number of ether oxygens (including phenoxy) is 1. The lowest BCUT2D eigenvalue weighted by atomic mass is 9.95. The summed E-state index contributed by atoms with van der Waals surface area (Å²) < 4.78 is 19.8. The summed E-state index contributed by atoms with van der Waals surface area (Å²) in [5, 5.41) is 3.72. The fourth-order valence-corrected chi connectivity index (χ4v) is 5.35. The van der Waals surface area contributed by atoms with Crippen LogP contribution in [0.2, 0.25) is 5.02 Å². The average molecular weight is 599 g/mol. The molecule has 9 nitrogen and oxygen atoms in total. The van der Waals surface area contributed by atoms with Crippen LogP contribution in [0.3, 0.4) is 0 Å². The van der Waals surface area contributed by atoms with E-state index < -0.39 is 0 Å². The number of benzene rings is 3. The van der Waals surface area contributed by atoms with E-state index in [-0.39, 0.29) is 24.4 Å². The van der Waals surface area contributed by atoms with Crippen molar-refractivity contribution in [2.75, 3.05) is 38.1 Å². The highest BCUT2D eigenvalue weighted by Gasteiger charge is 2.26. The number of amides is 2. The van der Waals surface area contributed by atoms with E-state index >= 15 is 0 Å². The second-order valence-corrected chi connectivity index (χ2v) is 10.5. The summed E-state index contributed by atoms with van der Waals surface area (Å²) in [7, 11) is 0. The number of carbonyl (C=O) groups is 2. The molecule has 3 heterocycles. The highest BCUT2D eigenvalue weighted by Crippen LogP contribution is 2.34. The lowest BCUT2D eigenvalue weighted by Gasteiger charge is -2.34. The first-order valence-electron chi connectivity index (χ1n) is 13.9. The average Bonchev–Trinajstić information content (AvgIpc) is 3.18. The number of hydrogen-bond acceptors (Lipinski definition) is 7. The zero-order valence-corrected chi connectivity index (χ0v) is 24.1. The van der Waals surface area contributed by atoms with Gasteiger partial charge in [0.05, 0.1) is 24.6 Å². The van der Waals surface area contributed by atoms with Gasteiger partial charge in [0.2, 0.25) is 5.95 Å². The molecule has 3 aromatic carbocycles. The minimum Gasteiger partial charge on any atom is -0.450 e. The third-order valence-electron chi connectivity index (χ3n) is 7.37. The number of rotatable bonds is 5. The molecule has 0 radical (unpaired) electrons. The second kappa shape index (κ2) is 12.2. The Kier molecular flexibility index (Phi) is 8.02. The van der Waals surface area contributed by atoms with Gasteiger partial charge in [-0.15, -0.1) is 0 Å². The summed E-state index contributed by atoms with van der Waals surface area (Å²) in [5.74, 6) is -0.104. The number of nitrogens with one attached hydrogen (secondary N) is 1. The molecule has 4 aromatic rings. The SMILES string of the molecule is CCOC(=O)N1CCN(C(=O)c2ccc(Nc3ncc4c(n3)-c3ccc(Cl)cc3C(c3ccccc3F)=NC4)cc2)CC1. The van der Waals surface area contributed by atoms with Crippen molar-refractivity contribution in [3.8, 4) is 11.3 Å². The van der Waals surface area contributed by atoms with Gasteiger partial charge in [-0.3, -0.25) is 9.79 Å². The summed E-state index contributed by atoms with van der Waals surface area (Å²) in [6.45, 7) is 4.11. The molecule has 2 aliphatic heterocycles. The van der Waals surface area contributed by atoms with Gasteiger partial charge in [-0.1, -0.05) is 29.8 Å². The molecule has 1 N–H and O–H groups in total. The third-order valence-corrected chi connectivity index (χ3v) is 7.61. The zero-order valence-electron chi connectivity index (χ0n) is 23.4. The quantitative estimate of drug-likeness (QED) is 0.305. The van der Waals surface area contributed by atoms with E-state index in [1.807, 2.05) is 6.07 Å². The molecule has 2 aliphatic rings. The van der Waals surface area contributed by atoms with Gasteiger partial charge in [0.1, 0.15) is 5.82 Å². The first-order chi connectivity index (χ1) is 20.9. The normalized spacial score (nSPS) is 14.3. The largest absolute Gasteiger partial charge is 0.450 e. The van der Waals surface area contributed by atoms with E-state index in [4.69, 9.17) is 26.3 Å². The van der Waals surface area contributed by atoms with Gasteiger partial charge in [0.25, 0.3) is 5.91 Å². The van der Waals surface area contributed by atoms with Crippen LogP contribution in [0.4, 0.5) is 20.8 Å². The summed E-state index contributed by atoms with van der Waals surface area (Å²) in [4.78, 5) is 42.4. The summed E-state index contributed by atoms with van der Waals surface area (Å²) in [6.07, 6.45) is 1.36. The third kappa shape index (κ3) is 5.91. The number of anilines is 2. The second-order valence-electron chi connectivity index (χ2n) is 10.1. The van der Waals surface area contributed by atoms with Crippen LogP contribution in [0.5, 0.6) is 0 Å². The van der Waals surface area contributed by atoms with Crippen molar-refractivity contribution >= 4 is 40.9 Å². The zero-order chi connectivity index (χ0) is 29.9. The van der Waals surface area contributed by atoms with E-state index in [2.05, 4.69) is 10.3 Å². The molecule has 2 amide bonds. The number of fused-ring (bicyclic) bond motifs is 3. The Morgan fingerprint density at radius 3 is 2.44 bits per heavy atom. The predicted molar refractivity (Wildman–Crippen MR) is 162 cm³/mol. The maximum atomic E-state index is 14.8. The van der Waals surface area contributed by atoms with Gasteiger partial charge in [0.15, 0.2) is 0 Å². The molecular formula is C32H28ClFN6O3. The molecule has 218 valence electrons. The molecule has 1 aromatic heterocycles. The molecule has 43 heavy (non-hydrogen) atoms. The fraction of sp³-hybridized carbons (Fsp3) is 0.219. The number of piperazine rings is 1. The van der Waals surface area contributed by atoms with E-state index in [0.717, 1.165) is 11.1 Å². The maximum Gasteiger partial charge on any atom is 0.409 e. The topological polar surface area (TPSA) is 100 Å². The lowest BCUT2D eigenvalue weighted by Crippen LogP contribution is -2.50. The van der Waals surface area contributed by atoms with Crippen molar-refractivity contribution < 1.29 is 18.7 Å². The molecule has 0 unspecified atom stereocenters. The molecule has 1 saturated heterocycles. The van der Waals surface area contributed by atoms with Gasteiger partial charge in [-0.05, 0) is 55.5 Å². The molecule has 0 saturated carbocycles. The first-order valence-corrected chi connectivity index (χ1v) is 14.3. The molecular weight excluding hydrogens is 571 g/mol. The van der Waals surface area contributed by atoms with Gasteiger partial charge >= 0.3 is 6.09 Å². The maximum absolute atomic E-state index is 14.8. The van der Waals surface area contributed by atoms with E-state index in [1.165, 1.54) is 6.07 Å². The van der Waals surface area contributed by atoms with Gasteiger partial charge in [-0.2, -0.15) is 0 Å². The van der Waals surface area contributed by atoms with Crippen LogP contribution in [-0.4, -0.2) is 70.3 Å². The Morgan fingerprint density at radius 1 is 0.953 bits per heavy atom. The molecule has 0 bridgehead atoms. The van der Waals surface area contributed by atoms with E-state index in [9.17, 15) is 14.0 Å². The standard InChI is InChI=1S/C32H28ClFN6O3/c1-2-43-32(42)40-15-13-39(14-16-40)30(41)20-7-10-23(11-8-20)37-31-36-19-21-18-35-29(25-5-3-4-6-27(25)34)26-17-22(33)9-12-24(26)28(21)38-31/h3-12,17,19H,2,13-16,18H2,1H3,(H,36,37,38). The number of carbonyl (C=O) groups excluding carboxylic acids is 2. The molecule has 6 rings (SSSR count). The number of aromatic nitrogens is 2. The molecule has 0 atom stereocenters. The van der Waals surface area contributed by atoms with Crippen molar-refractivity contribution in [3.05, 3.63) is 106 Å².